The van der Waals surface area contributed by atoms with Crippen molar-refractivity contribution in [2.45, 2.75) is 82.2 Å². The lowest BCUT2D eigenvalue weighted by Gasteiger charge is -2.42. The molecule has 0 aromatic heterocycles. The van der Waals surface area contributed by atoms with E-state index in [2.05, 4.69) is 60.7 Å². The lowest BCUT2D eigenvalue weighted by atomic mass is 9.72. The SMILES string of the molecule is COc1cccc2c1C(=O)c1c(O)c3c(c(O)c1C2=O)C[C@@](O)(C(C)=O)C[C@@H]3O[C@H]1C[C@H](N)[C@H](O)[C@H](C)O1.c1ccc(CCc2ccccc2)cc1. The molecular weight excluding hydrogens is 666 g/mol. The zero-order valence-corrected chi connectivity index (χ0v) is 29.2. The molecule has 52 heavy (non-hydrogen) atoms. The van der Waals surface area contributed by atoms with E-state index in [0.717, 1.165) is 12.8 Å². The number of hydrogen-bond acceptors (Lipinski definition) is 11. The van der Waals surface area contributed by atoms with Gasteiger partial charge in [0.25, 0.3) is 0 Å². The molecule has 0 saturated carbocycles. The molecule has 0 spiro atoms. The standard InChI is InChI=1S/C27H29NO10.C14H14/c1-10-22(30)14(28)7-17(37-10)38-16-9-27(35,11(2)29)8-13-19(16)26(34)21-20(24(13)32)23(31)12-5-4-6-15(36-3)18(12)25(21)33;1-3-7-13(8-4-1)11-12-14-9-5-2-6-10-14/h4-6,10,14,16-17,22,30,32,34-35H,7-9,28H2,1-3H3;1-10H,11-12H2/t10-,14-,16-,17-,22+,27-;/m0./s1. The zero-order chi connectivity index (χ0) is 37.3. The van der Waals surface area contributed by atoms with Gasteiger partial charge in [-0.25, -0.2) is 0 Å². The highest BCUT2D eigenvalue weighted by Crippen LogP contribution is 2.52. The van der Waals surface area contributed by atoms with Crippen LogP contribution in [-0.4, -0.2) is 75.0 Å². The maximum atomic E-state index is 13.6. The molecule has 4 aromatic rings. The Balaban J connectivity index is 0.000000276. The molecule has 0 amide bonds. The number of rotatable bonds is 7. The molecule has 1 fully saturated rings. The van der Waals surface area contributed by atoms with Crippen molar-refractivity contribution in [3.8, 4) is 17.2 Å². The number of aliphatic hydroxyl groups is 2. The number of Topliss-reactive ketones (excluding diaryl/α,β-unsaturated/α-hetero) is 1. The van der Waals surface area contributed by atoms with E-state index in [1.54, 1.807) is 6.92 Å². The Labute approximate surface area is 301 Å². The van der Waals surface area contributed by atoms with Gasteiger partial charge in [-0.15, -0.1) is 0 Å². The van der Waals surface area contributed by atoms with Crippen molar-refractivity contribution < 1.29 is 49.0 Å². The van der Waals surface area contributed by atoms with Crippen molar-refractivity contribution in [3.05, 3.63) is 123 Å². The monoisotopic (exact) mass is 709 g/mol. The fourth-order valence-electron chi connectivity index (χ4n) is 7.24. The molecule has 6 N–H and O–H groups in total. The zero-order valence-electron chi connectivity index (χ0n) is 29.2. The van der Waals surface area contributed by atoms with E-state index < -0.39 is 82.6 Å². The number of carbonyl (C=O) groups excluding carboxylic acids is 3. The number of aliphatic hydroxyl groups excluding tert-OH is 1. The van der Waals surface area contributed by atoms with Gasteiger partial charge in [-0.3, -0.25) is 14.4 Å². The first-order valence-corrected chi connectivity index (χ1v) is 17.3. The van der Waals surface area contributed by atoms with Crippen LogP contribution in [0.4, 0.5) is 0 Å². The third-order valence-electron chi connectivity index (χ3n) is 10.2. The van der Waals surface area contributed by atoms with Crippen LogP contribution in [0.15, 0.2) is 78.9 Å². The quantitative estimate of drug-likeness (QED) is 0.150. The Morgan fingerprint density at radius 3 is 2.04 bits per heavy atom. The van der Waals surface area contributed by atoms with Crippen LogP contribution in [-0.2, 0) is 33.5 Å². The van der Waals surface area contributed by atoms with Gasteiger partial charge < -0.3 is 40.4 Å². The molecule has 2 aliphatic carbocycles. The van der Waals surface area contributed by atoms with E-state index in [9.17, 15) is 34.8 Å². The fourth-order valence-corrected chi connectivity index (χ4v) is 7.24. The molecule has 3 aliphatic rings. The van der Waals surface area contributed by atoms with Crippen LogP contribution in [0.25, 0.3) is 0 Å². The van der Waals surface area contributed by atoms with Gasteiger partial charge in [0.15, 0.2) is 17.9 Å². The summed E-state index contributed by atoms with van der Waals surface area (Å²) >= 11 is 0. The molecular formula is C41H43NO10. The van der Waals surface area contributed by atoms with Gasteiger partial charge >= 0.3 is 0 Å². The minimum atomic E-state index is -2.00. The number of phenols is 2. The van der Waals surface area contributed by atoms with Crippen LogP contribution in [0.5, 0.6) is 17.2 Å². The predicted molar refractivity (Wildman–Crippen MR) is 191 cm³/mol. The number of aryl methyl sites for hydroxylation is 2. The second-order valence-electron chi connectivity index (χ2n) is 13.6. The van der Waals surface area contributed by atoms with Crippen LogP contribution in [0.2, 0.25) is 0 Å². The van der Waals surface area contributed by atoms with Gasteiger partial charge in [-0.05, 0) is 43.9 Å². The summed E-state index contributed by atoms with van der Waals surface area (Å²) in [4.78, 5) is 39.6. The van der Waals surface area contributed by atoms with Crippen molar-refractivity contribution in [2.24, 2.45) is 5.73 Å². The van der Waals surface area contributed by atoms with Crippen molar-refractivity contribution >= 4 is 17.3 Å². The van der Waals surface area contributed by atoms with Crippen molar-refractivity contribution in [3.63, 3.8) is 0 Å². The average Bonchev–Trinajstić information content (AvgIpc) is 3.14. The Bertz CT molecular complexity index is 1930. The first-order chi connectivity index (χ1) is 24.8. The number of benzene rings is 4. The Morgan fingerprint density at radius 1 is 0.885 bits per heavy atom. The number of ketones is 3. The van der Waals surface area contributed by atoms with Crippen molar-refractivity contribution in [1.82, 2.24) is 0 Å². The van der Waals surface area contributed by atoms with Crippen LogP contribution in [0, 0.1) is 0 Å². The Hall–Kier alpha value is -4.91. The third-order valence-corrected chi connectivity index (χ3v) is 10.2. The molecule has 1 saturated heterocycles. The van der Waals surface area contributed by atoms with Crippen molar-refractivity contribution in [1.29, 1.82) is 0 Å². The summed E-state index contributed by atoms with van der Waals surface area (Å²) in [5.74, 6) is -3.18. The number of methoxy groups -OCH3 is 1. The molecule has 272 valence electrons. The maximum Gasteiger partial charge on any atom is 0.202 e. The molecule has 11 heteroatoms. The maximum absolute atomic E-state index is 13.6. The summed E-state index contributed by atoms with van der Waals surface area (Å²) in [7, 11) is 1.34. The number of ether oxygens (including phenoxy) is 3. The smallest absolute Gasteiger partial charge is 0.202 e. The van der Waals surface area contributed by atoms with E-state index in [-0.39, 0.29) is 40.8 Å². The molecule has 0 unspecified atom stereocenters. The number of carbonyl (C=O) groups is 3. The van der Waals surface area contributed by atoms with Gasteiger partial charge in [0, 0.05) is 42.0 Å². The first kappa shape index (κ1) is 36.9. The molecule has 1 heterocycles. The molecule has 4 aromatic carbocycles. The van der Waals surface area contributed by atoms with E-state index in [0.29, 0.717) is 0 Å². The lowest BCUT2D eigenvalue weighted by molar-refractivity contribution is -0.247. The number of nitrogens with two attached hydrogens (primary N) is 1. The van der Waals surface area contributed by atoms with Gasteiger partial charge in [-0.1, -0.05) is 72.8 Å². The average molecular weight is 710 g/mol. The number of hydrogen-bond donors (Lipinski definition) is 5. The summed E-state index contributed by atoms with van der Waals surface area (Å²) in [5.41, 5.74) is 5.80. The highest BCUT2D eigenvalue weighted by atomic mass is 16.7. The van der Waals surface area contributed by atoms with Gasteiger partial charge in [-0.2, -0.15) is 0 Å². The van der Waals surface area contributed by atoms with Gasteiger partial charge in [0.05, 0.1) is 42.1 Å². The first-order valence-electron chi connectivity index (χ1n) is 17.3. The predicted octanol–water partition coefficient (Wildman–Crippen LogP) is 4.50. The van der Waals surface area contributed by atoms with Crippen LogP contribution < -0.4 is 10.5 Å². The largest absolute Gasteiger partial charge is 0.507 e. The van der Waals surface area contributed by atoms with Gasteiger partial charge in [0.1, 0.15) is 22.8 Å². The van der Waals surface area contributed by atoms with E-state index in [1.165, 1.54) is 43.4 Å². The second-order valence-corrected chi connectivity index (χ2v) is 13.6. The Morgan fingerprint density at radius 2 is 1.48 bits per heavy atom. The summed E-state index contributed by atoms with van der Waals surface area (Å²) in [5, 5.41) is 44.1. The molecule has 0 radical (unpaired) electrons. The summed E-state index contributed by atoms with van der Waals surface area (Å²) < 4.78 is 17.1. The number of aromatic hydroxyl groups is 2. The van der Waals surface area contributed by atoms with Crippen molar-refractivity contribution in [2.75, 3.05) is 7.11 Å². The highest BCUT2D eigenvalue weighted by molar-refractivity contribution is 6.31. The molecule has 0 bridgehead atoms. The minimum absolute atomic E-state index is 0.0147. The van der Waals surface area contributed by atoms with E-state index >= 15 is 0 Å². The number of phenolic OH excluding ortho intramolecular Hbond substituents is 2. The molecule has 11 nitrogen and oxygen atoms in total. The van der Waals surface area contributed by atoms with E-state index in [4.69, 9.17) is 19.9 Å². The summed E-state index contributed by atoms with van der Waals surface area (Å²) in [6.07, 6.45) is -2.27. The molecule has 7 rings (SSSR count). The number of fused-ring (bicyclic) bond motifs is 3. The fraction of sp³-hybridized carbons (Fsp3) is 0.341. The molecule has 6 atom stereocenters. The highest BCUT2D eigenvalue weighted by Gasteiger charge is 2.49. The third kappa shape index (κ3) is 6.98. The normalized spacial score (nSPS) is 24.8. The molecule has 1 aliphatic heterocycles. The summed E-state index contributed by atoms with van der Waals surface area (Å²) in [6.45, 7) is 2.79. The van der Waals surface area contributed by atoms with E-state index in [1.807, 2.05) is 0 Å². The Kier molecular flexibility index (Phi) is 10.6. The second kappa shape index (κ2) is 15.0. The van der Waals surface area contributed by atoms with Crippen LogP contribution in [0.1, 0.15) is 86.9 Å². The topological polar surface area (TPSA) is 186 Å². The minimum Gasteiger partial charge on any atom is -0.507 e. The van der Waals surface area contributed by atoms with Crippen LogP contribution in [0.3, 0.4) is 0 Å². The van der Waals surface area contributed by atoms with Gasteiger partial charge in [0.2, 0.25) is 5.78 Å². The summed E-state index contributed by atoms with van der Waals surface area (Å²) in [6, 6.07) is 25.0. The van der Waals surface area contributed by atoms with Crippen LogP contribution >= 0.6 is 0 Å². The lowest BCUT2D eigenvalue weighted by Crippen LogP contribution is -2.52.